The lowest BCUT2D eigenvalue weighted by atomic mass is 10.1. The third-order valence-electron chi connectivity index (χ3n) is 2.55. The average molecular weight is 263 g/mol. The molecule has 104 valence electrons. The summed E-state index contributed by atoms with van der Waals surface area (Å²) >= 11 is 0. The summed E-state index contributed by atoms with van der Waals surface area (Å²) in [6, 6.07) is 5.09. The van der Waals surface area contributed by atoms with E-state index in [1.54, 1.807) is 25.1 Å². The summed E-state index contributed by atoms with van der Waals surface area (Å²) in [5.41, 5.74) is 1.11. The number of hydrogen-bond acceptors (Lipinski definition) is 3. The van der Waals surface area contributed by atoms with Crippen LogP contribution in [0.5, 0.6) is 5.75 Å². The van der Waals surface area contributed by atoms with Gasteiger partial charge in [0.05, 0.1) is 12.3 Å². The number of benzene rings is 1. The first-order valence-corrected chi connectivity index (χ1v) is 6.51. The van der Waals surface area contributed by atoms with Gasteiger partial charge in [0.1, 0.15) is 5.75 Å². The second-order valence-electron chi connectivity index (χ2n) is 4.87. The van der Waals surface area contributed by atoms with E-state index in [1.807, 2.05) is 13.8 Å². The fourth-order valence-corrected chi connectivity index (χ4v) is 1.47. The maximum atomic E-state index is 11.5. The van der Waals surface area contributed by atoms with E-state index in [0.29, 0.717) is 35.9 Å². The topological polar surface area (TPSA) is 55.4 Å². The van der Waals surface area contributed by atoms with Crippen molar-refractivity contribution in [2.45, 2.75) is 34.1 Å². The van der Waals surface area contributed by atoms with Gasteiger partial charge in [0.15, 0.2) is 5.78 Å². The number of nitrogens with one attached hydrogen (secondary N) is 1. The Balaban J connectivity index is 3.00. The van der Waals surface area contributed by atoms with Crippen LogP contribution < -0.4 is 10.1 Å². The molecule has 0 aliphatic heterocycles. The Morgan fingerprint density at radius 2 is 2.00 bits per heavy atom. The van der Waals surface area contributed by atoms with Crippen molar-refractivity contribution in [2.75, 3.05) is 11.9 Å². The number of amides is 1. The Hall–Kier alpha value is -1.84. The maximum absolute atomic E-state index is 11.5. The molecule has 0 aliphatic carbocycles. The SMILES string of the molecule is CCC(=O)Nc1cc(C(C)=O)ccc1OCC(C)C. The first-order valence-electron chi connectivity index (χ1n) is 6.51. The summed E-state index contributed by atoms with van der Waals surface area (Å²) in [5.74, 6) is 0.847. The lowest BCUT2D eigenvalue weighted by molar-refractivity contribution is -0.115. The average Bonchev–Trinajstić information content (AvgIpc) is 2.36. The van der Waals surface area contributed by atoms with Gasteiger partial charge in [0, 0.05) is 12.0 Å². The molecule has 0 heterocycles. The van der Waals surface area contributed by atoms with Crippen molar-refractivity contribution in [3.05, 3.63) is 23.8 Å². The summed E-state index contributed by atoms with van der Waals surface area (Å²) in [4.78, 5) is 22.9. The Kier molecular flexibility index (Phi) is 5.55. The molecule has 0 unspecified atom stereocenters. The molecule has 19 heavy (non-hydrogen) atoms. The quantitative estimate of drug-likeness (QED) is 0.801. The fourth-order valence-electron chi connectivity index (χ4n) is 1.47. The van der Waals surface area contributed by atoms with Crippen LogP contribution in [0.15, 0.2) is 18.2 Å². The zero-order valence-corrected chi connectivity index (χ0v) is 11.9. The number of ketones is 1. The van der Waals surface area contributed by atoms with E-state index in [0.717, 1.165) is 0 Å². The minimum absolute atomic E-state index is 0.0394. The van der Waals surface area contributed by atoms with Crippen LogP contribution in [0, 0.1) is 5.92 Å². The normalized spacial score (nSPS) is 10.4. The van der Waals surface area contributed by atoms with Crippen LogP contribution in [0.2, 0.25) is 0 Å². The van der Waals surface area contributed by atoms with Gasteiger partial charge < -0.3 is 10.1 Å². The number of hydrogen-bond donors (Lipinski definition) is 1. The highest BCUT2D eigenvalue weighted by atomic mass is 16.5. The summed E-state index contributed by atoms with van der Waals surface area (Å²) in [6.07, 6.45) is 0.383. The van der Waals surface area contributed by atoms with E-state index in [1.165, 1.54) is 6.92 Å². The predicted molar refractivity (Wildman–Crippen MR) is 75.7 cm³/mol. The molecule has 0 saturated heterocycles. The Morgan fingerprint density at radius 1 is 1.32 bits per heavy atom. The lowest BCUT2D eigenvalue weighted by Crippen LogP contribution is -2.13. The molecule has 0 bridgehead atoms. The monoisotopic (exact) mass is 263 g/mol. The fraction of sp³-hybridized carbons (Fsp3) is 0.467. The highest BCUT2D eigenvalue weighted by Gasteiger charge is 2.10. The van der Waals surface area contributed by atoms with Crippen molar-refractivity contribution >= 4 is 17.4 Å². The first-order chi connectivity index (χ1) is 8.93. The van der Waals surface area contributed by atoms with Gasteiger partial charge in [-0.05, 0) is 31.0 Å². The molecule has 0 spiro atoms. The maximum Gasteiger partial charge on any atom is 0.224 e. The molecule has 1 aromatic carbocycles. The molecule has 0 radical (unpaired) electrons. The van der Waals surface area contributed by atoms with E-state index in [4.69, 9.17) is 4.74 Å². The highest BCUT2D eigenvalue weighted by Crippen LogP contribution is 2.26. The minimum atomic E-state index is -0.102. The second kappa shape index (κ2) is 6.92. The standard InChI is InChI=1S/C15H21NO3/c1-5-15(18)16-13-8-12(11(4)17)6-7-14(13)19-9-10(2)3/h6-8,10H,5,9H2,1-4H3,(H,16,18). The molecule has 0 fully saturated rings. The van der Waals surface area contributed by atoms with Gasteiger partial charge in [-0.25, -0.2) is 0 Å². The third kappa shape index (κ3) is 4.73. The number of carbonyl (C=O) groups excluding carboxylic acids is 2. The van der Waals surface area contributed by atoms with Crippen LogP contribution in [0.1, 0.15) is 44.5 Å². The Morgan fingerprint density at radius 3 is 2.53 bits per heavy atom. The summed E-state index contributed by atoms with van der Waals surface area (Å²) in [6.45, 7) is 7.94. The summed E-state index contributed by atoms with van der Waals surface area (Å²) in [5, 5.41) is 2.76. The number of anilines is 1. The Labute approximate surface area is 114 Å². The van der Waals surface area contributed by atoms with Gasteiger partial charge in [-0.3, -0.25) is 9.59 Å². The number of Topliss-reactive ketones (excluding diaryl/α,β-unsaturated/α-hetero) is 1. The molecular weight excluding hydrogens is 242 g/mol. The highest BCUT2D eigenvalue weighted by molar-refractivity contribution is 5.98. The largest absolute Gasteiger partial charge is 0.491 e. The predicted octanol–water partition coefficient (Wildman–Crippen LogP) is 3.27. The van der Waals surface area contributed by atoms with Gasteiger partial charge in [-0.2, -0.15) is 0 Å². The van der Waals surface area contributed by atoms with Crippen LogP contribution >= 0.6 is 0 Å². The van der Waals surface area contributed by atoms with Gasteiger partial charge in [-0.1, -0.05) is 20.8 Å². The lowest BCUT2D eigenvalue weighted by Gasteiger charge is -2.14. The van der Waals surface area contributed by atoms with Crippen LogP contribution in [0.4, 0.5) is 5.69 Å². The molecule has 1 rings (SSSR count). The van der Waals surface area contributed by atoms with Crippen molar-refractivity contribution < 1.29 is 14.3 Å². The summed E-state index contributed by atoms with van der Waals surface area (Å²) < 4.78 is 5.65. The van der Waals surface area contributed by atoms with Crippen molar-refractivity contribution in [1.29, 1.82) is 0 Å². The van der Waals surface area contributed by atoms with Crippen LogP contribution in [-0.4, -0.2) is 18.3 Å². The van der Waals surface area contributed by atoms with Crippen molar-refractivity contribution in [3.8, 4) is 5.75 Å². The van der Waals surface area contributed by atoms with Gasteiger partial charge in [0.2, 0.25) is 5.91 Å². The first kappa shape index (κ1) is 15.2. The van der Waals surface area contributed by atoms with Crippen molar-refractivity contribution in [2.24, 2.45) is 5.92 Å². The Bertz CT molecular complexity index is 466. The minimum Gasteiger partial charge on any atom is -0.491 e. The van der Waals surface area contributed by atoms with Gasteiger partial charge >= 0.3 is 0 Å². The zero-order valence-electron chi connectivity index (χ0n) is 11.9. The molecule has 1 N–H and O–H groups in total. The zero-order chi connectivity index (χ0) is 14.4. The molecule has 0 aromatic heterocycles. The molecule has 1 amide bonds. The molecule has 1 aromatic rings. The molecule has 4 heteroatoms. The van der Waals surface area contributed by atoms with E-state index in [-0.39, 0.29) is 11.7 Å². The van der Waals surface area contributed by atoms with E-state index >= 15 is 0 Å². The molecule has 0 saturated carbocycles. The van der Waals surface area contributed by atoms with Crippen molar-refractivity contribution in [3.63, 3.8) is 0 Å². The van der Waals surface area contributed by atoms with Crippen LogP contribution in [-0.2, 0) is 4.79 Å². The number of carbonyl (C=O) groups is 2. The van der Waals surface area contributed by atoms with Gasteiger partial charge in [0.25, 0.3) is 0 Å². The summed E-state index contributed by atoms with van der Waals surface area (Å²) in [7, 11) is 0. The van der Waals surface area contributed by atoms with E-state index in [2.05, 4.69) is 5.32 Å². The van der Waals surface area contributed by atoms with Crippen molar-refractivity contribution in [1.82, 2.24) is 0 Å². The molecular formula is C15H21NO3. The molecule has 0 atom stereocenters. The van der Waals surface area contributed by atoms with Crippen LogP contribution in [0.25, 0.3) is 0 Å². The van der Waals surface area contributed by atoms with Crippen LogP contribution in [0.3, 0.4) is 0 Å². The number of ether oxygens (including phenoxy) is 1. The third-order valence-corrected chi connectivity index (χ3v) is 2.55. The second-order valence-corrected chi connectivity index (χ2v) is 4.87. The smallest absolute Gasteiger partial charge is 0.224 e. The molecule has 0 aliphatic rings. The van der Waals surface area contributed by atoms with E-state index < -0.39 is 0 Å². The van der Waals surface area contributed by atoms with Gasteiger partial charge in [-0.15, -0.1) is 0 Å². The number of rotatable bonds is 6. The van der Waals surface area contributed by atoms with E-state index in [9.17, 15) is 9.59 Å². The molecule has 4 nitrogen and oxygen atoms in total.